The number of H-pyrrole nitrogens is 1. The van der Waals surface area contributed by atoms with E-state index in [4.69, 9.17) is 19.7 Å². The van der Waals surface area contributed by atoms with Crippen LogP contribution in [0.15, 0.2) is 20.9 Å². The molecule has 0 radical (unpaired) electrons. The van der Waals surface area contributed by atoms with Gasteiger partial charge in [-0.3, -0.25) is 19.1 Å². The number of carbonyl (C=O) groups is 2. The van der Waals surface area contributed by atoms with E-state index in [0.717, 1.165) is 19.3 Å². The van der Waals surface area contributed by atoms with Crippen LogP contribution in [0.25, 0.3) is 10.4 Å². The minimum absolute atomic E-state index is 0.115. The van der Waals surface area contributed by atoms with Crippen LogP contribution >= 0.6 is 0 Å². The highest BCUT2D eigenvalue weighted by atomic mass is 16.6. The zero-order valence-corrected chi connectivity index (χ0v) is 20.6. The topological polar surface area (TPSA) is 177 Å². The Morgan fingerprint density at radius 3 is 2.69 bits per heavy atom. The molecule has 1 aliphatic rings. The highest BCUT2D eigenvalue weighted by molar-refractivity contribution is 5.69. The summed E-state index contributed by atoms with van der Waals surface area (Å²) in [5.41, 5.74) is 7.53. The van der Waals surface area contributed by atoms with Gasteiger partial charge in [0.15, 0.2) is 0 Å². The fourth-order valence-electron chi connectivity index (χ4n) is 3.52. The summed E-state index contributed by atoms with van der Waals surface area (Å²) < 4.78 is 17.5. The van der Waals surface area contributed by atoms with Gasteiger partial charge in [0.25, 0.3) is 5.56 Å². The maximum absolute atomic E-state index is 12.1. The first-order valence-corrected chi connectivity index (χ1v) is 11.6. The summed E-state index contributed by atoms with van der Waals surface area (Å²) in [6.07, 6.45) is 2.92. The number of amides is 1. The second-order valence-corrected chi connectivity index (χ2v) is 9.39. The third-order valence-corrected chi connectivity index (χ3v) is 5.24. The molecule has 0 saturated carbocycles. The highest BCUT2D eigenvalue weighted by Crippen LogP contribution is 2.30. The molecule has 2 rings (SSSR count). The van der Waals surface area contributed by atoms with Gasteiger partial charge in [-0.25, -0.2) is 9.59 Å². The average molecular weight is 495 g/mol. The molecule has 1 fully saturated rings. The minimum Gasteiger partial charge on any atom is -0.463 e. The number of rotatable bonds is 11. The van der Waals surface area contributed by atoms with Crippen molar-refractivity contribution in [3.63, 3.8) is 0 Å². The van der Waals surface area contributed by atoms with Crippen molar-refractivity contribution in [2.24, 2.45) is 5.11 Å². The summed E-state index contributed by atoms with van der Waals surface area (Å²) in [4.78, 5) is 52.4. The highest BCUT2D eigenvalue weighted by Gasteiger charge is 2.37. The molecular formula is C22H34N6O7. The maximum Gasteiger partial charge on any atom is 0.407 e. The van der Waals surface area contributed by atoms with E-state index in [-0.39, 0.29) is 19.4 Å². The van der Waals surface area contributed by atoms with Gasteiger partial charge in [0.1, 0.15) is 24.5 Å². The Bertz CT molecular complexity index is 1040. The molecule has 1 unspecified atom stereocenters. The molecule has 3 atom stereocenters. The number of aromatic amines is 1. The van der Waals surface area contributed by atoms with Crippen LogP contribution in [0.2, 0.25) is 0 Å². The van der Waals surface area contributed by atoms with Crippen LogP contribution in [-0.2, 0) is 19.0 Å². The summed E-state index contributed by atoms with van der Waals surface area (Å²) in [7, 11) is 0. The summed E-state index contributed by atoms with van der Waals surface area (Å²) in [6.45, 7) is 7.34. The summed E-state index contributed by atoms with van der Waals surface area (Å²) in [5.74, 6) is -0.402. The van der Waals surface area contributed by atoms with Gasteiger partial charge in [-0.1, -0.05) is 18.0 Å². The van der Waals surface area contributed by atoms with Crippen molar-refractivity contribution in [2.75, 3.05) is 13.2 Å². The second kappa shape index (κ2) is 13.0. The number of nitrogens with zero attached hydrogens (tertiary/aromatic N) is 4. The third-order valence-electron chi connectivity index (χ3n) is 5.24. The molecule has 2 N–H and O–H groups in total. The van der Waals surface area contributed by atoms with Gasteiger partial charge in [-0.2, -0.15) is 0 Å². The van der Waals surface area contributed by atoms with Crippen molar-refractivity contribution >= 4 is 12.1 Å². The molecular weight excluding hydrogens is 460 g/mol. The molecule has 0 aromatic carbocycles. The summed E-state index contributed by atoms with van der Waals surface area (Å²) >= 11 is 0. The number of azide groups is 1. The SMILES string of the molecule is Cc1cn(C2C[C@H](N=[N+]=[N-])[C@@H](COC(=O)CCCCCCNC(=O)OC(C)(C)C)O2)c(=O)[nH]c1=O. The van der Waals surface area contributed by atoms with Gasteiger partial charge in [0.2, 0.25) is 0 Å². The molecule has 0 bridgehead atoms. The van der Waals surface area contributed by atoms with Crippen LogP contribution in [0.5, 0.6) is 0 Å². The Balaban J connectivity index is 1.71. The molecule has 1 saturated heterocycles. The normalized spacial score (nSPS) is 19.6. The minimum atomic E-state index is -0.758. The van der Waals surface area contributed by atoms with Crippen molar-refractivity contribution in [2.45, 2.75) is 90.2 Å². The number of hydrogen-bond acceptors (Lipinski definition) is 8. The van der Waals surface area contributed by atoms with Gasteiger partial charge >= 0.3 is 17.8 Å². The fourth-order valence-corrected chi connectivity index (χ4v) is 3.52. The molecule has 194 valence electrons. The van der Waals surface area contributed by atoms with Gasteiger partial charge in [-0.15, -0.1) is 0 Å². The number of carbonyl (C=O) groups excluding carboxylic acids is 2. The van der Waals surface area contributed by atoms with Gasteiger partial charge in [0.05, 0.1) is 6.04 Å². The van der Waals surface area contributed by atoms with E-state index in [0.29, 0.717) is 18.5 Å². The first-order valence-electron chi connectivity index (χ1n) is 11.6. The Labute approximate surface area is 202 Å². The van der Waals surface area contributed by atoms with Crippen molar-refractivity contribution < 1.29 is 23.8 Å². The van der Waals surface area contributed by atoms with E-state index in [1.807, 2.05) is 0 Å². The largest absolute Gasteiger partial charge is 0.463 e. The number of nitrogens with one attached hydrogen (secondary N) is 2. The van der Waals surface area contributed by atoms with E-state index >= 15 is 0 Å². The predicted octanol–water partition coefficient (Wildman–Crippen LogP) is 2.83. The number of alkyl carbamates (subject to hydrolysis) is 1. The monoisotopic (exact) mass is 494 g/mol. The number of aryl methyl sites for hydroxylation is 1. The molecule has 13 nitrogen and oxygen atoms in total. The lowest BCUT2D eigenvalue weighted by Gasteiger charge is -2.19. The Kier molecular flexibility index (Phi) is 10.3. The van der Waals surface area contributed by atoms with Gasteiger partial charge in [0, 0.05) is 36.1 Å². The van der Waals surface area contributed by atoms with Crippen molar-refractivity contribution in [3.05, 3.63) is 43.0 Å². The number of esters is 1. The molecule has 1 aromatic rings. The second-order valence-electron chi connectivity index (χ2n) is 9.39. The van der Waals surface area contributed by atoms with Crippen LogP contribution < -0.4 is 16.6 Å². The Morgan fingerprint density at radius 2 is 2.00 bits per heavy atom. The number of unbranched alkanes of at least 4 members (excludes halogenated alkanes) is 3. The fraction of sp³-hybridized carbons (Fsp3) is 0.727. The van der Waals surface area contributed by atoms with E-state index in [2.05, 4.69) is 20.3 Å². The first kappa shape index (κ1) is 27.9. The zero-order chi connectivity index (χ0) is 26.0. The molecule has 1 aliphatic heterocycles. The predicted molar refractivity (Wildman–Crippen MR) is 126 cm³/mol. The lowest BCUT2D eigenvalue weighted by Crippen LogP contribution is -2.33. The van der Waals surface area contributed by atoms with Crippen LogP contribution in [0.4, 0.5) is 4.79 Å². The van der Waals surface area contributed by atoms with E-state index < -0.39 is 47.3 Å². The number of aromatic nitrogens is 2. The number of ether oxygens (including phenoxy) is 3. The van der Waals surface area contributed by atoms with Crippen LogP contribution in [0.3, 0.4) is 0 Å². The zero-order valence-electron chi connectivity index (χ0n) is 20.6. The first-order chi connectivity index (χ1) is 16.5. The summed E-state index contributed by atoms with van der Waals surface area (Å²) in [5, 5.41) is 6.39. The lowest BCUT2D eigenvalue weighted by molar-refractivity contribution is -0.148. The Hall–Kier alpha value is -3.31. The van der Waals surface area contributed by atoms with Gasteiger partial charge in [-0.05, 0) is 46.1 Å². The average Bonchev–Trinajstić information content (AvgIpc) is 3.15. The molecule has 2 heterocycles. The molecule has 0 aliphatic carbocycles. The van der Waals surface area contributed by atoms with Crippen LogP contribution in [0, 0.1) is 6.92 Å². The quantitative estimate of drug-likeness (QED) is 0.156. The maximum atomic E-state index is 12.1. The summed E-state index contributed by atoms with van der Waals surface area (Å²) in [6, 6.07) is -0.630. The standard InChI is InChI=1S/C22H34N6O7/c1-14-12-28(20(31)25-19(14)30)17-11-15(26-27-23)16(34-17)13-33-18(29)9-7-5-6-8-10-24-21(32)35-22(2,3)4/h12,15-17H,5-11,13H2,1-4H3,(H,24,32)(H,25,30,31)/t15-,16+,17?/m0/s1. The van der Waals surface area contributed by atoms with Crippen LogP contribution in [0.1, 0.15) is 71.1 Å². The van der Waals surface area contributed by atoms with E-state index in [9.17, 15) is 19.2 Å². The Morgan fingerprint density at radius 1 is 1.29 bits per heavy atom. The smallest absolute Gasteiger partial charge is 0.407 e. The van der Waals surface area contributed by atoms with Crippen molar-refractivity contribution in [1.82, 2.24) is 14.9 Å². The third kappa shape index (κ3) is 9.45. The van der Waals surface area contributed by atoms with Crippen molar-refractivity contribution in [3.8, 4) is 0 Å². The van der Waals surface area contributed by atoms with Crippen molar-refractivity contribution in [1.29, 1.82) is 0 Å². The number of hydrogen-bond donors (Lipinski definition) is 2. The molecule has 35 heavy (non-hydrogen) atoms. The van der Waals surface area contributed by atoms with Crippen LogP contribution in [-0.4, -0.2) is 52.5 Å². The molecule has 1 amide bonds. The molecule has 0 spiro atoms. The van der Waals surface area contributed by atoms with E-state index in [1.54, 1.807) is 27.7 Å². The van der Waals surface area contributed by atoms with E-state index in [1.165, 1.54) is 10.8 Å². The lowest BCUT2D eigenvalue weighted by atomic mass is 10.1. The molecule has 1 aromatic heterocycles. The van der Waals surface area contributed by atoms with Gasteiger partial charge < -0.3 is 19.5 Å². The molecule has 13 heteroatoms.